The molecular weight excluding hydrogens is 304 g/mol. The minimum absolute atomic E-state index is 0.0176. The third-order valence-electron chi connectivity index (χ3n) is 4.89. The standard InChI is InChI=1S/C19H22N2O3/c1-13-6-7-17(24-13)18-12-21(8-9-23-18)19(22)20-11-15-10-14-4-2-3-5-16(14)15/h2-7,15,18H,8-12H2,1H3,(H,20,22)/t15-,18+/m1/s1. The van der Waals surface area contributed by atoms with Gasteiger partial charge in [0.2, 0.25) is 0 Å². The topological polar surface area (TPSA) is 54.7 Å². The van der Waals surface area contributed by atoms with Crippen molar-refractivity contribution in [2.45, 2.75) is 25.4 Å². The number of furan rings is 1. The van der Waals surface area contributed by atoms with Crippen LogP contribution in [0.4, 0.5) is 4.79 Å². The lowest BCUT2D eigenvalue weighted by Gasteiger charge is -2.34. The summed E-state index contributed by atoms with van der Waals surface area (Å²) in [7, 11) is 0. The molecule has 24 heavy (non-hydrogen) atoms. The van der Waals surface area contributed by atoms with Crippen LogP contribution in [0.5, 0.6) is 0 Å². The van der Waals surface area contributed by atoms with E-state index in [2.05, 4.69) is 29.6 Å². The van der Waals surface area contributed by atoms with Gasteiger partial charge in [-0.25, -0.2) is 4.79 Å². The molecule has 1 aliphatic heterocycles. The predicted molar refractivity (Wildman–Crippen MR) is 90.0 cm³/mol. The Balaban J connectivity index is 1.32. The lowest BCUT2D eigenvalue weighted by atomic mass is 9.78. The summed E-state index contributed by atoms with van der Waals surface area (Å²) in [6.45, 7) is 4.28. The van der Waals surface area contributed by atoms with Gasteiger partial charge in [-0.1, -0.05) is 24.3 Å². The molecule has 2 atom stereocenters. The van der Waals surface area contributed by atoms with Gasteiger partial charge in [0.25, 0.3) is 0 Å². The molecule has 2 aliphatic rings. The lowest BCUT2D eigenvalue weighted by Crippen LogP contribution is -2.48. The number of carbonyl (C=O) groups excluding carboxylic acids is 1. The van der Waals surface area contributed by atoms with Crippen molar-refractivity contribution in [2.75, 3.05) is 26.2 Å². The number of hydrogen-bond donors (Lipinski definition) is 1. The molecular formula is C19H22N2O3. The molecule has 1 aliphatic carbocycles. The minimum atomic E-state index is -0.178. The second kappa shape index (κ2) is 6.32. The van der Waals surface area contributed by atoms with E-state index in [9.17, 15) is 4.79 Å². The van der Waals surface area contributed by atoms with Gasteiger partial charge in [-0.05, 0) is 36.6 Å². The highest BCUT2D eigenvalue weighted by atomic mass is 16.5. The van der Waals surface area contributed by atoms with Gasteiger partial charge in [0.15, 0.2) is 0 Å². The number of morpholine rings is 1. The van der Waals surface area contributed by atoms with Crippen molar-refractivity contribution in [2.24, 2.45) is 0 Å². The zero-order valence-electron chi connectivity index (χ0n) is 13.8. The second-order valence-corrected chi connectivity index (χ2v) is 6.54. The molecule has 1 aromatic heterocycles. The first-order valence-corrected chi connectivity index (χ1v) is 8.49. The van der Waals surface area contributed by atoms with Crippen molar-refractivity contribution in [3.8, 4) is 0 Å². The van der Waals surface area contributed by atoms with Gasteiger partial charge in [0.05, 0.1) is 13.2 Å². The Morgan fingerprint density at radius 3 is 2.96 bits per heavy atom. The summed E-state index contributed by atoms with van der Waals surface area (Å²) >= 11 is 0. The molecule has 126 valence electrons. The molecule has 5 nitrogen and oxygen atoms in total. The Morgan fingerprint density at radius 1 is 1.29 bits per heavy atom. The molecule has 5 heteroatoms. The quantitative estimate of drug-likeness (QED) is 0.943. The molecule has 0 unspecified atom stereocenters. The predicted octanol–water partition coefficient (Wildman–Crippen LogP) is 3.01. The van der Waals surface area contributed by atoms with E-state index in [1.54, 1.807) is 0 Å². The fourth-order valence-electron chi connectivity index (χ4n) is 3.50. The highest BCUT2D eigenvalue weighted by Gasteiger charge is 2.29. The summed E-state index contributed by atoms with van der Waals surface area (Å²) in [5.74, 6) is 2.09. The zero-order valence-corrected chi connectivity index (χ0v) is 13.8. The van der Waals surface area contributed by atoms with Crippen LogP contribution in [0.25, 0.3) is 0 Å². The fourth-order valence-corrected chi connectivity index (χ4v) is 3.50. The molecule has 1 aromatic carbocycles. The Morgan fingerprint density at radius 2 is 2.17 bits per heavy atom. The van der Waals surface area contributed by atoms with Crippen LogP contribution in [-0.2, 0) is 11.2 Å². The summed E-state index contributed by atoms with van der Waals surface area (Å²) in [6, 6.07) is 12.3. The number of nitrogens with zero attached hydrogens (tertiary/aromatic N) is 1. The largest absolute Gasteiger partial charge is 0.464 e. The van der Waals surface area contributed by atoms with Crippen molar-refractivity contribution in [3.05, 3.63) is 59.0 Å². The van der Waals surface area contributed by atoms with Gasteiger partial charge in [-0.3, -0.25) is 0 Å². The van der Waals surface area contributed by atoms with Crippen molar-refractivity contribution >= 4 is 6.03 Å². The van der Waals surface area contributed by atoms with E-state index in [1.807, 2.05) is 24.0 Å². The van der Waals surface area contributed by atoms with Gasteiger partial charge < -0.3 is 19.4 Å². The van der Waals surface area contributed by atoms with E-state index in [1.165, 1.54) is 11.1 Å². The molecule has 4 rings (SSSR count). The molecule has 0 spiro atoms. The van der Waals surface area contributed by atoms with Crippen molar-refractivity contribution in [1.29, 1.82) is 0 Å². The fraction of sp³-hybridized carbons (Fsp3) is 0.421. The van der Waals surface area contributed by atoms with Crippen LogP contribution < -0.4 is 5.32 Å². The number of aryl methyl sites for hydroxylation is 1. The zero-order chi connectivity index (χ0) is 16.5. The number of ether oxygens (including phenoxy) is 1. The number of nitrogens with one attached hydrogen (secondary N) is 1. The third-order valence-corrected chi connectivity index (χ3v) is 4.89. The molecule has 1 saturated heterocycles. The van der Waals surface area contributed by atoms with E-state index in [4.69, 9.17) is 9.15 Å². The average Bonchev–Trinajstić information content (AvgIpc) is 3.02. The maximum Gasteiger partial charge on any atom is 0.317 e. The maximum absolute atomic E-state index is 12.5. The SMILES string of the molecule is Cc1ccc([C@@H]2CN(C(=O)NC[C@H]3Cc4ccccc43)CCO2)o1. The second-order valence-electron chi connectivity index (χ2n) is 6.54. The Hall–Kier alpha value is -2.27. The maximum atomic E-state index is 12.5. The number of rotatable bonds is 3. The van der Waals surface area contributed by atoms with Crippen LogP contribution in [0.1, 0.15) is 34.7 Å². The molecule has 2 heterocycles. The van der Waals surface area contributed by atoms with E-state index in [0.717, 1.165) is 17.9 Å². The highest BCUT2D eigenvalue weighted by Crippen LogP contribution is 2.34. The van der Waals surface area contributed by atoms with Gasteiger partial charge in [0, 0.05) is 19.0 Å². The number of hydrogen-bond acceptors (Lipinski definition) is 3. The van der Waals surface area contributed by atoms with Crippen LogP contribution in [0.15, 0.2) is 40.8 Å². The van der Waals surface area contributed by atoms with Crippen molar-refractivity contribution in [3.63, 3.8) is 0 Å². The molecule has 2 aromatic rings. The lowest BCUT2D eigenvalue weighted by molar-refractivity contribution is -0.0263. The minimum Gasteiger partial charge on any atom is -0.464 e. The number of carbonyl (C=O) groups is 1. The first kappa shape index (κ1) is 15.3. The molecule has 2 amide bonds. The Kier molecular flexibility index (Phi) is 4.02. The van der Waals surface area contributed by atoms with Crippen LogP contribution in [-0.4, -0.2) is 37.2 Å². The van der Waals surface area contributed by atoms with Crippen LogP contribution >= 0.6 is 0 Å². The molecule has 0 bridgehead atoms. The number of benzene rings is 1. The summed E-state index contributed by atoms with van der Waals surface area (Å²) in [5, 5.41) is 3.07. The van der Waals surface area contributed by atoms with E-state index in [0.29, 0.717) is 32.2 Å². The smallest absolute Gasteiger partial charge is 0.317 e. The summed E-state index contributed by atoms with van der Waals surface area (Å²) in [5.41, 5.74) is 2.76. The normalized spacial score (nSPS) is 22.6. The molecule has 1 fully saturated rings. The third kappa shape index (κ3) is 2.91. The summed E-state index contributed by atoms with van der Waals surface area (Å²) in [4.78, 5) is 14.3. The van der Waals surface area contributed by atoms with Crippen molar-refractivity contribution in [1.82, 2.24) is 10.2 Å². The number of urea groups is 1. The Labute approximate surface area is 141 Å². The van der Waals surface area contributed by atoms with Crippen molar-refractivity contribution < 1.29 is 13.9 Å². The van der Waals surface area contributed by atoms with Crippen LogP contribution in [0.2, 0.25) is 0 Å². The molecule has 0 radical (unpaired) electrons. The Bertz CT molecular complexity index is 740. The monoisotopic (exact) mass is 326 g/mol. The first-order valence-electron chi connectivity index (χ1n) is 8.49. The van der Waals surface area contributed by atoms with Crippen LogP contribution in [0.3, 0.4) is 0 Å². The summed E-state index contributed by atoms with van der Waals surface area (Å²) in [6.07, 6.45) is 0.871. The van der Waals surface area contributed by atoms with Gasteiger partial charge in [-0.15, -0.1) is 0 Å². The molecule has 1 N–H and O–H groups in total. The van der Waals surface area contributed by atoms with Gasteiger partial charge >= 0.3 is 6.03 Å². The summed E-state index contributed by atoms with van der Waals surface area (Å²) < 4.78 is 11.4. The van der Waals surface area contributed by atoms with Gasteiger partial charge in [-0.2, -0.15) is 0 Å². The van der Waals surface area contributed by atoms with E-state index < -0.39 is 0 Å². The number of amides is 2. The van der Waals surface area contributed by atoms with Crippen LogP contribution in [0, 0.1) is 6.92 Å². The first-order chi connectivity index (χ1) is 11.7. The highest BCUT2D eigenvalue weighted by molar-refractivity contribution is 5.74. The number of fused-ring (bicyclic) bond motifs is 1. The van der Waals surface area contributed by atoms with E-state index in [-0.39, 0.29) is 12.1 Å². The van der Waals surface area contributed by atoms with Gasteiger partial charge in [0.1, 0.15) is 17.6 Å². The van der Waals surface area contributed by atoms with E-state index >= 15 is 0 Å². The molecule has 0 saturated carbocycles. The average molecular weight is 326 g/mol.